The predicted octanol–water partition coefficient (Wildman–Crippen LogP) is 3.61. The van der Waals surface area contributed by atoms with Gasteiger partial charge >= 0.3 is 6.36 Å². The smallest absolute Gasteiger partial charge is 0.403 e. The topological polar surface area (TPSA) is 27.1 Å². The van der Waals surface area contributed by atoms with Gasteiger partial charge in [0.15, 0.2) is 10.9 Å². The van der Waals surface area contributed by atoms with Gasteiger partial charge in [-0.15, -0.1) is 13.2 Å². The molecule has 0 aliphatic rings. The Morgan fingerprint density at radius 2 is 2.12 bits per heavy atom. The summed E-state index contributed by atoms with van der Waals surface area (Å²) >= 11 is 5.83. The Morgan fingerprint density at radius 1 is 1.41 bits per heavy atom. The van der Waals surface area contributed by atoms with Gasteiger partial charge in [-0.05, 0) is 19.1 Å². The lowest BCUT2D eigenvalue weighted by Gasteiger charge is -2.10. The second kappa shape index (κ2) is 4.10. The highest BCUT2D eigenvalue weighted by molar-refractivity contribution is 6.34. The lowest BCUT2D eigenvalue weighted by atomic mass is 10.2. The van der Waals surface area contributed by atoms with Crippen LogP contribution in [0.5, 0.6) is 5.75 Å². The number of hydrogen-bond acceptors (Lipinski definition) is 2. The van der Waals surface area contributed by atoms with E-state index in [-0.39, 0.29) is 16.4 Å². The molecule has 0 aliphatic heterocycles. The Hall–Kier alpha value is -1.43. The van der Waals surface area contributed by atoms with Crippen molar-refractivity contribution in [1.82, 2.24) is 9.78 Å². The zero-order chi connectivity index (χ0) is 12.6. The van der Waals surface area contributed by atoms with Gasteiger partial charge in [0.1, 0.15) is 5.52 Å². The molecular weight excluding hydrogens is 257 g/mol. The van der Waals surface area contributed by atoms with Gasteiger partial charge in [-0.3, -0.25) is 4.68 Å². The molecule has 0 saturated heterocycles. The molecule has 0 saturated carbocycles. The van der Waals surface area contributed by atoms with Crippen LogP contribution in [0, 0.1) is 0 Å². The molecule has 0 N–H and O–H groups in total. The van der Waals surface area contributed by atoms with Crippen molar-refractivity contribution in [3.63, 3.8) is 0 Å². The summed E-state index contributed by atoms with van der Waals surface area (Å²) in [5.41, 5.74) is 0.248. The number of nitrogens with zero attached hydrogens (tertiary/aromatic N) is 2. The zero-order valence-corrected chi connectivity index (χ0v) is 9.51. The summed E-state index contributed by atoms with van der Waals surface area (Å²) in [6.07, 6.45) is -4.73. The van der Waals surface area contributed by atoms with Crippen LogP contribution in [0.1, 0.15) is 6.92 Å². The largest absolute Gasteiger partial charge is 0.573 e. The number of alkyl halides is 3. The van der Waals surface area contributed by atoms with E-state index >= 15 is 0 Å². The minimum absolute atomic E-state index is 0.162. The molecule has 0 atom stereocenters. The molecule has 0 spiro atoms. The Balaban J connectivity index is 2.63. The molecule has 0 aliphatic carbocycles. The van der Waals surface area contributed by atoms with E-state index in [2.05, 4.69) is 9.84 Å². The Bertz CT molecular complexity index is 550. The minimum atomic E-state index is -4.73. The van der Waals surface area contributed by atoms with E-state index in [9.17, 15) is 13.2 Å². The number of fused-ring (bicyclic) bond motifs is 1. The van der Waals surface area contributed by atoms with Crippen molar-refractivity contribution < 1.29 is 17.9 Å². The molecule has 1 heterocycles. The normalized spacial score (nSPS) is 12.1. The average Bonchev–Trinajstić information content (AvgIpc) is 2.55. The van der Waals surface area contributed by atoms with Crippen molar-refractivity contribution in [2.45, 2.75) is 19.8 Å². The molecule has 17 heavy (non-hydrogen) atoms. The third kappa shape index (κ3) is 2.31. The van der Waals surface area contributed by atoms with Gasteiger partial charge in [-0.2, -0.15) is 5.10 Å². The molecule has 2 rings (SSSR count). The zero-order valence-electron chi connectivity index (χ0n) is 8.75. The molecule has 0 radical (unpaired) electrons. The Kier molecular flexibility index (Phi) is 2.91. The van der Waals surface area contributed by atoms with E-state index in [0.717, 1.165) is 0 Å². The standard InChI is InChI=1S/C10H8ClF3N2O/c1-2-16-8-6(9(11)15-16)4-3-5-7(8)17-10(12,13)14/h3-5H,2H2,1H3. The number of halogens is 4. The van der Waals surface area contributed by atoms with Gasteiger partial charge in [0.2, 0.25) is 0 Å². The Morgan fingerprint density at radius 3 is 2.71 bits per heavy atom. The highest BCUT2D eigenvalue weighted by atomic mass is 35.5. The second-order valence-corrected chi connectivity index (χ2v) is 3.66. The van der Waals surface area contributed by atoms with E-state index in [1.807, 2.05) is 0 Å². The first-order valence-corrected chi connectivity index (χ1v) is 5.21. The van der Waals surface area contributed by atoms with Gasteiger partial charge in [0.05, 0.1) is 0 Å². The molecule has 92 valence electrons. The van der Waals surface area contributed by atoms with Crippen molar-refractivity contribution in [2.24, 2.45) is 0 Å². The Labute approximate surface area is 99.7 Å². The van der Waals surface area contributed by atoms with E-state index in [4.69, 9.17) is 11.6 Å². The van der Waals surface area contributed by atoms with Crippen molar-refractivity contribution >= 4 is 22.5 Å². The van der Waals surface area contributed by atoms with Crippen LogP contribution in [0.2, 0.25) is 5.15 Å². The van der Waals surface area contributed by atoms with Crippen LogP contribution in [0.4, 0.5) is 13.2 Å². The van der Waals surface area contributed by atoms with Crippen molar-refractivity contribution in [1.29, 1.82) is 0 Å². The third-order valence-corrected chi connectivity index (χ3v) is 2.49. The summed E-state index contributed by atoms with van der Waals surface area (Å²) in [6.45, 7) is 2.16. The van der Waals surface area contributed by atoms with Crippen LogP contribution in [-0.2, 0) is 6.54 Å². The average molecular weight is 265 g/mol. The summed E-state index contributed by atoms with van der Waals surface area (Å²) in [5.74, 6) is -0.295. The summed E-state index contributed by atoms with van der Waals surface area (Å²) in [4.78, 5) is 0. The molecule has 7 heteroatoms. The number of aromatic nitrogens is 2. The van der Waals surface area contributed by atoms with Crippen LogP contribution in [0.15, 0.2) is 18.2 Å². The number of hydrogen-bond donors (Lipinski definition) is 0. The van der Waals surface area contributed by atoms with Crippen LogP contribution in [0.25, 0.3) is 10.9 Å². The van der Waals surface area contributed by atoms with Crippen LogP contribution in [-0.4, -0.2) is 16.1 Å². The number of para-hydroxylation sites is 1. The number of benzene rings is 1. The van der Waals surface area contributed by atoms with E-state index < -0.39 is 6.36 Å². The van der Waals surface area contributed by atoms with Gasteiger partial charge in [0, 0.05) is 11.9 Å². The summed E-state index contributed by atoms with van der Waals surface area (Å²) < 4.78 is 42.0. The van der Waals surface area contributed by atoms with Crippen LogP contribution >= 0.6 is 11.6 Å². The number of rotatable bonds is 2. The van der Waals surface area contributed by atoms with Crippen molar-refractivity contribution in [2.75, 3.05) is 0 Å². The minimum Gasteiger partial charge on any atom is -0.403 e. The maximum atomic E-state index is 12.2. The highest BCUT2D eigenvalue weighted by Gasteiger charge is 2.32. The quantitative estimate of drug-likeness (QED) is 0.828. The summed E-state index contributed by atoms with van der Waals surface area (Å²) in [6, 6.07) is 4.27. The van der Waals surface area contributed by atoms with Crippen molar-refractivity contribution in [3.8, 4) is 5.75 Å². The first kappa shape index (κ1) is 12.0. The summed E-state index contributed by atoms with van der Waals surface area (Å²) in [7, 11) is 0. The maximum absolute atomic E-state index is 12.2. The molecule has 1 aromatic heterocycles. The molecule has 3 nitrogen and oxygen atoms in total. The fourth-order valence-corrected chi connectivity index (χ4v) is 1.84. The van der Waals surface area contributed by atoms with Gasteiger partial charge in [0.25, 0.3) is 0 Å². The van der Waals surface area contributed by atoms with E-state index in [1.165, 1.54) is 16.8 Å². The van der Waals surface area contributed by atoms with Gasteiger partial charge in [-0.1, -0.05) is 17.7 Å². The molecule has 0 fully saturated rings. The molecule has 1 aromatic carbocycles. The highest BCUT2D eigenvalue weighted by Crippen LogP contribution is 2.33. The van der Waals surface area contributed by atoms with E-state index in [1.54, 1.807) is 13.0 Å². The molecule has 0 unspecified atom stereocenters. The summed E-state index contributed by atoms with van der Waals surface area (Å²) in [5, 5.41) is 4.54. The number of aryl methyl sites for hydroxylation is 1. The fourth-order valence-electron chi connectivity index (χ4n) is 1.60. The SMILES string of the molecule is CCn1nc(Cl)c2cccc(OC(F)(F)F)c21. The third-order valence-electron chi connectivity index (χ3n) is 2.21. The molecule has 0 bridgehead atoms. The van der Waals surface area contributed by atoms with Crippen LogP contribution in [0.3, 0.4) is 0 Å². The predicted molar refractivity (Wildman–Crippen MR) is 57.1 cm³/mol. The van der Waals surface area contributed by atoms with Crippen LogP contribution < -0.4 is 4.74 Å². The van der Waals surface area contributed by atoms with Gasteiger partial charge in [-0.25, -0.2) is 0 Å². The lowest BCUT2D eigenvalue weighted by molar-refractivity contribution is -0.274. The number of ether oxygens (including phenoxy) is 1. The second-order valence-electron chi connectivity index (χ2n) is 3.31. The molecule has 2 aromatic rings. The lowest BCUT2D eigenvalue weighted by Crippen LogP contribution is -2.17. The molecule has 0 amide bonds. The fraction of sp³-hybridized carbons (Fsp3) is 0.300. The first-order chi connectivity index (χ1) is 7.92. The van der Waals surface area contributed by atoms with E-state index in [0.29, 0.717) is 11.9 Å². The first-order valence-electron chi connectivity index (χ1n) is 4.83. The van der Waals surface area contributed by atoms with Crippen molar-refractivity contribution in [3.05, 3.63) is 23.4 Å². The monoisotopic (exact) mass is 264 g/mol. The maximum Gasteiger partial charge on any atom is 0.573 e. The van der Waals surface area contributed by atoms with Gasteiger partial charge < -0.3 is 4.74 Å². The molecular formula is C10H8ClF3N2O.